The molecule has 0 saturated heterocycles. The van der Waals surface area contributed by atoms with E-state index in [1.807, 2.05) is 60.1 Å². The number of aromatic nitrogens is 2. The van der Waals surface area contributed by atoms with Crippen molar-refractivity contribution in [2.45, 2.75) is 25.2 Å². The van der Waals surface area contributed by atoms with E-state index in [2.05, 4.69) is 5.32 Å². The van der Waals surface area contributed by atoms with Crippen LogP contribution in [0.2, 0.25) is 0 Å². The zero-order chi connectivity index (χ0) is 24.4. The Hall–Kier alpha value is -3.88. The molecule has 0 radical (unpaired) electrons. The highest BCUT2D eigenvalue weighted by Gasteiger charge is 2.42. The predicted octanol–water partition coefficient (Wildman–Crippen LogP) is 4.44. The molecule has 35 heavy (non-hydrogen) atoms. The van der Waals surface area contributed by atoms with Gasteiger partial charge in [0.25, 0.3) is 0 Å². The lowest BCUT2D eigenvalue weighted by Gasteiger charge is -2.40. The average Bonchev–Trinajstić information content (AvgIpc) is 3.26. The number of esters is 1. The summed E-state index contributed by atoms with van der Waals surface area (Å²) in [5, 5.41) is 13.8. The lowest BCUT2D eigenvalue weighted by Crippen LogP contribution is -2.41. The maximum atomic E-state index is 13.2. The number of methoxy groups -OCH3 is 1. The van der Waals surface area contributed by atoms with E-state index in [-0.39, 0.29) is 11.3 Å². The highest BCUT2D eigenvalue weighted by atomic mass is 16.6. The summed E-state index contributed by atoms with van der Waals surface area (Å²) in [7, 11) is 1.61. The number of hydrogen-bond donors (Lipinski definition) is 2. The molecule has 5 rings (SSSR count). The maximum Gasteiger partial charge on any atom is 0.342 e. The molecule has 2 aromatic heterocycles. The summed E-state index contributed by atoms with van der Waals surface area (Å²) in [6.45, 7) is 2.64. The minimum absolute atomic E-state index is 0.0973. The van der Waals surface area contributed by atoms with Gasteiger partial charge in [-0.2, -0.15) is 0 Å². The van der Waals surface area contributed by atoms with E-state index in [0.717, 1.165) is 28.2 Å². The van der Waals surface area contributed by atoms with Gasteiger partial charge in [0.15, 0.2) is 11.8 Å². The molecule has 0 aliphatic carbocycles. The number of phenolic OH excluding ortho intramolecular Hbond substituents is 1. The Kier molecular flexibility index (Phi) is 6.39. The number of nitrogens with one attached hydrogen (secondary N) is 1. The van der Waals surface area contributed by atoms with Crippen LogP contribution in [-0.2, 0) is 14.2 Å². The zero-order valence-electron chi connectivity index (χ0n) is 19.5. The first kappa shape index (κ1) is 22.9. The highest BCUT2D eigenvalue weighted by Crippen LogP contribution is 2.44. The summed E-state index contributed by atoms with van der Waals surface area (Å²) in [4.78, 5) is 17.9. The van der Waals surface area contributed by atoms with Crippen molar-refractivity contribution in [3.05, 3.63) is 95.4 Å². The molecule has 0 spiro atoms. The fourth-order valence-corrected chi connectivity index (χ4v) is 4.50. The Morgan fingerprint density at radius 1 is 1.09 bits per heavy atom. The van der Waals surface area contributed by atoms with Crippen LogP contribution in [-0.4, -0.2) is 46.9 Å². The summed E-state index contributed by atoms with van der Waals surface area (Å²) in [6, 6.07) is 17.6. The number of aromatic hydroxyl groups is 1. The Morgan fingerprint density at radius 2 is 1.86 bits per heavy atom. The summed E-state index contributed by atoms with van der Waals surface area (Å²) in [6.07, 6.45) is 2.56. The van der Waals surface area contributed by atoms with Crippen LogP contribution < -0.4 is 5.32 Å². The van der Waals surface area contributed by atoms with Gasteiger partial charge in [0, 0.05) is 25.1 Å². The van der Waals surface area contributed by atoms with Crippen molar-refractivity contribution in [1.82, 2.24) is 9.38 Å². The van der Waals surface area contributed by atoms with Crippen molar-refractivity contribution in [3.63, 3.8) is 0 Å². The molecule has 3 atom stereocenters. The Labute approximate surface area is 203 Å². The second-order valence-electron chi connectivity index (χ2n) is 8.46. The third-order valence-corrected chi connectivity index (χ3v) is 6.12. The molecule has 0 bridgehead atoms. The monoisotopic (exact) mass is 473 g/mol. The summed E-state index contributed by atoms with van der Waals surface area (Å²) >= 11 is 0. The number of ether oxygens (including phenoxy) is 3. The first-order valence-corrected chi connectivity index (χ1v) is 11.5. The first-order chi connectivity index (χ1) is 17.1. The SMILES string of the molecule is COCCO[C@@H]1c2ccn3cc(C)nc3c2N[C@H](c2ccccc2)[C@H]1OC(=O)c1ccccc1O. The van der Waals surface area contributed by atoms with Gasteiger partial charge in [0.05, 0.1) is 30.6 Å². The van der Waals surface area contributed by atoms with Gasteiger partial charge in [-0.3, -0.25) is 0 Å². The van der Waals surface area contributed by atoms with E-state index in [0.29, 0.717) is 13.2 Å². The molecule has 8 heteroatoms. The number of nitrogens with zero attached hydrogens (tertiary/aromatic N) is 2. The number of anilines is 1. The van der Waals surface area contributed by atoms with Gasteiger partial charge >= 0.3 is 5.97 Å². The smallest absolute Gasteiger partial charge is 0.342 e. The van der Waals surface area contributed by atoms with Crippen LogP contribution in [0.15, 0.2) is 73.1 Å². The van der Waals surface area contributed by atoms with Gasteiger partial charge in [-0.15, -0.1) is 0 Å². The summed E-state index contributed by atoms with van der Waals surface area (Å²) in [5.41, 5.74) is 4.35. The zero-order valence-corrected chi connectivity index (χ0v) is 19.5. The maximum absolute atomic E-state index is 13.2. The van der Waals surface area contributed by atoms with Crippen molar-refractivity contribution in [2.75, 3.05) is 25.6 Å². The molecule has 0 amide bonds. The van der Waals surface area contributed by atoms with E-state index in [9.17, 15) is 9.90 Å². The standard InChI is InChI=1S/C27H27N3O5/c1-17-16-30-13-12-20-23(26(30)28-17)29-22(18-8-4-3-5-9-18)25(24(20)34-15-14-33-2)35-27(32)19-10-6-7-11-21(19)31/h3-13,16,22,24-25,29,31H,14-15H2,1-2H3/t22-,24-,25-/m1/s1. The largest absolute Gasteiger partial charge is 0.507 e. The number of rotatable bonds is 7. The number of para-hydroxylation sites is 1. The lowest BCUT2D eigenvalue weighted by atomic mass is 9.88. The number of imidazole rings is 1. The first-order valence-electron chi connectivity index (χ1n) is 11.5. The molecule has 0 fully saturated rings. The van der Waals surface area contributed by atoms with Gasteiger partial charge in [0.2, 0.25) is 0 Å². The van der Waals surface area contributed by atoms with Crippen LogP contribution in [0.4, 0.5) is 5.69 Å². The number of benzene rings is 2. The Morgan fingerprint density at radius 3 is 2.63 bits per heavy atom. The van der Waals surface area contributed by atoms with Crippen LogP contribution in [0.5, 0.6) is 5.75 Å². The molecule has 0 unspecified atom stereocenters. The number of fused-ring (bicyclic) bond motifs is 3. The van der Waals surface area contributed by atoms with Gasteiger partial charge in [0.1, 0.15) is 17.4 Å². The second-order valence-corrected chi connectivity index (χ2v) is 8.46. The molecule has 2 aromatic carbocycles. The van der Waals surface area contributed by atoms with Crippen LogP contribution in [0, 0.1) is 6.92 Å². The third-order valence-electron chi connectivity index (χ3n) is 6.12. The Bertz CT molecular complexity index is 1340. The summed E-state index contributed by atoms with van der Waals surface area (Å²) < 4.78 is 19.6. The fraction of sp³-hybridized carbons (Fsp3) is 0.259. The summed E-state index contributed by atoms with van der Waals surface area (Å²) in [5.74, 6) is -0.762. The van der Waals surface area contributed by atoms with Gasteiger partial charge in [-0.05, 0) is 30.7 Å². The van der Waals surface area contributed by atoms with E-state index >= 15 is 0 Å². The van der Waals surface area contributed by atoms with Crippen LogP contribution in [0.1, 0.15) is 39.3 Å². The Balaban J connectivity index is 1.62. The molecule has 3 heterocycles. The quantitative estimate of drug-likeness (QED) is 0.303. The topological polar surface area (TPSA) is 94.3 Å². The number of carbonyl (C=O) groups excluding carboxylic acids is 1. The molecule has 180 valence electrons. The van der Waals surface area contributed by atoms with Gasteiger partial charge in [-0.1, -0.05) is 42.5 Å². The fourth-order valence-electron chi connectivity index (χ4n) is 4.50. The molecular formula is C27H27N3O5. The van der Waals surface area contributed by atoms with E-state index in [4.69, 9.17) is 19.2 Å². The third kappa shape index (κ3) is 4.45. The number of pyridine rings is 1. The number of phenols is 1. The number of aryl methyl sites for hydroxylation is 1. The molecule has 1 aliphatic rings. The molecule has 0 saturated carbocycles. The van der Waals surface area contributed by atoms with Crippen molar-refractivity contribution < 1.29 is 24.1 Å². The molecule has 2 N–H and O–H groups in total. The van der Waals surface area contributed by atoms with E-state index < -0.39 is 24.2 Å². The molecule has 8 nitrogen and oxygen atoms in total. The minimum atomic E-state index is -0.729. The lowest BCUT2D eigenvalue weighted by molar-refractivity contribution is -0.0742. The van der Waals surface area contributed by atoms with Crippen molar-refractivity contribution in [2.24, 2.45) is 0 Å². The van der Waals surface area contributed by atoms with E-state index in [1.54, 1.807) is 19.2 Å². The van der Waals surface area contributed by atoms with E-state index in [1.165, 1.54) is 12.1 Å². The number of hydrogen-bond acceptors (Lipinski definition) is 7. The highest BCUT2D eigenvalue weighted by molar-refractivity contribution is 5.92. The van der Waals surface area contributed by atoms with Crippen LogP contribution in [0.3, 0.4) is 0 Å². The minimum Gasteiger partial charge on any atom is -0.507 e. The van der Waals surface area contributed by atoms with Crippen molar-refractivity contribution in [3.8, 4) is 5.75 Å². The predicted molar refractivity (Wildman–Crippen MR) is 131 cm³/mol. The van der Waals surface area contributed by atoms with Crippen molar-refractivity contribution >= 4 is 17.3 Å². The van der Waals surface area contributed by atoms with Crippen LogP contribution >= 0.6 is 0 Å². The normalized spacial score (nSPS) is 19.2. The second kappa shape index (κ2) is 9.77. The number of carbonyl (C=O) groups is 1. The average molecular weight is 474 g/mol. The van der Waals surface area contributed by atoms with Crippen molar-refractivity contribution in [1.29, 1.82) is 0 Å². The van der Waals surface area contributed by atoms with Gasteiger partial charge in [-0.25, -0.2) is 9.78 Å². The molecule has 4 aromatic rings. The van der Waals surface area contributed by atoms with Gasteiger partial charge < -0.3 is 29.0 Å². The van der Waals surface area contributed by atoms with Crippen LogP contribution in [0.25, 0.3) is 5.65 Å². The molecular weight excluding hydrogens is 446 g/mol. The molecule has 1 aliphatic heterocycles.